The molecule has 0 atom stereocenters. The van der Waals surface area contributed by atoms with Crippen molar-refractivity contribution in [3.05, 3.63) is 77.1 Å². The van der Waals surface area contributed by atoms with Crippen LogP contribution >= 0.6 is 0 Å². The molecule has 0 bridgehead atoms. The Kier molecular flexibility index (Phi) is 6.09. The van der Waals surface area contributed by atoms with Gasteiger partial charge in [0.2, 0.25) is 0 Å². The summed E-state index contributed by atoms with van der Waals surface area (Å²) in [5.74, 6) is 0.0524. The summed E-state index contributed by atoms with van der Waals surface area (Å²) < 4.78 is 1.83. The first-order valence-electron chi connectivity index (χ1n) is 12.4. The fourth-order valence-electron chi connectivity index (χ4n) is 5.47. The number of nitrogens with one attached hydrogen (secondary N) is 1. The van der Waals surface area contributed by atoms with Crippen LogP contribution in [-0.4, -0.2) is 57.7 Å². The lowest BCUT2D eigenvalue weighted by atomic mass is 9.78. The van der Waals surface area contributed by atoms with Crippen molar-refractivity contribution in [3.63, 3.8) is 0 Å². The fourth-order valence-corrected chi connectivity index (χ4v) is 5.47. The standard InChI is InChI=1S/C28H33N5O2/c1-20-9-10-25(21(2)17-20)30-27(35)31-14-11-28(12-15-31)13-16-32(19-28)26(34)24-18-29-33(22(24)3)23-7-5-4-6-8-23/h4-10,17-18H,11-16,19H2,1-3H3,(H,30,35). The van der Waals surface area contributed by atoms with Crippen LogP contribution in [0.25, 0.3) is 5.69 Å². The van der Waals surface area contributed by atoms with E-state index in [1.807, 2.05) is 70.8 Å². The molecule has 2 saturated heterocycles. The van der Waals surface area contributed by atoms with E-state index in [4.69, 9.17) is 0 Å². The number of rotatable bonds is 3. The number of para-hydroxylation sites is 1. The highest BCUT2D eigenvalue weighted by molar-refractivity contribution is 5.95. The van der Waals surface area contributed by atoms with E-state index < -0.39 is 0 Å². The third-order valence-corrected chi connectivity index (χ3v) is 7.70. The van der Waals surface area contributed by atoms with Crippen LogP contribution < -0.4 is 5.32 Å². The average molecular weight is 472 g/mol. The number of piperidine rings is 1. The molecule has 2 aliphatic rings. The molecule has 1 N–H and O–H groups in total. The predicted octanol–water partition coefficient (Wildman–Crippen LogP) is 4.96. The zero-order valence-corrected chi connectivity index (χ0v) is 20.8. The Hall–Kier alpha value is -3.61. The van der Waals surface area contributed by atoms with Crippen LogP contribution in [0.4, 0.5) is 10.5 Å². The molecule has 0 unspecified atom stereocenters. The van der Waals surface area contributed by atoms with E-state index in [1.54, 1.807) is 6.20 Å². The van der Waals surface area contributed by atoms with Crippen molar-refractivity contribution in [1.82, 2.24) is 19.6 Å². The lowest BCUT2D eigenvalue weighted by Crippen LogP contribution is -2.46. The maximum atomic E-state index is 13.4. The number of aryl methyl sites for hydroxylation is 2. The molecule has 3 aromatic rings. The minimum Gasteiger partial charge on any atom is -0.338 e. The lowest BCUT2D eigenvalue weighted by Gasteiger charge is -2.39. The largest absolute Gasteiger partial charge is 0.338 e. The molecule has 3 heterocycles. The smallest absolute Gasteiger partial charge is 0.321 e. The average Bonchev–Trinajstić information content (AvgIpc) is 3.45. The summed E-state index contributed by atoms with van der Waals surface area (Å²) in [7, 11) is 0. The first-order chi connectivity index (χ1) is 16.8. The Morgan fingerprint density at radius 2 is 1.60 bits per heavy atom. The zero-order chi connectivity index (χ0) is 24.6. The van der Waals surface area contributed by atoms with E-state index in [-0.39, 0.29) is 17.4 Å². The van der Waals surface area contributed by atoms with Crippen LogP contribution in [0.3, 0.4) is 0 Å². The van der Waals surface area contributed by atoms with Gasteiger partial charge in [-0.3, -0.25) is 4.79 Å². The van der Waals surface area contributed by atoms with E-state index >= 15 is 0 Å². The molecule has 1 spiro atoms. The summed E-state index contributed by atoms with van der Waals surface area (Å²) >= 11 is 0. The Balaban J connectivity index is 1.20. The number of nitrogens with zero attached hydrogens (tertiary/aromatic N) is 4. The van der Waals surface area contributed by atoms with Crippen LogP contribution in [0.2, 0.25) is 0 Å². The minimum absolute atomic E-state index is 0.0401. The minimum atomic E-state index is -0.0401. The Morgan fingerprint density at radius 3 is 2.29 bits per heavy atom. The molecule has 5 rings (SSSR count). The maximum absolute atomic E-state index is 13.4. The number of urea groups is 1. The molecule has 7 heteroatoms. The number of likely N-dealkylation sites (tertiary alicyclic amines) is 2. The van der Waals surface area contributed by atoms with Gasteiger partial charge in [0.1, 0.15) is 0 Å². The van der Waals surface area contributed by atoms with Gasteiger partial charge in [-0.25, -0.2) is 9.48 Å². The Labute approximate surface area is 206 Å². The molecule has 2 aliphatic heterocycles. The highest BCUT2D eigenvalue weighted by Gasteiger charge is 2.43. The summed E-state index contributed by atoms with van der Waals surface area (Å²) in [6.45, 7) is 8.94. The Bertz CT molecular complexity index is 1240. The second kappa shape index (κ2) is 9.21. The Morgan fingerprint density at radius 1 is 0.914 bits per heavy atom. The number of benzene rings is 2. The van der Waals surface area contributed by atoms with Crippen molar-refractivity contribution in [2.45, 2.75) is 40.0 Å². The van der Waals surface area contributed by atoms with Crippen molar-refractivity contribution < 1.29 is 9.59 Å². The van der Waals surface area contributed by atoms with Gasteiger partial charge in [0, 0.05) is 31.9 Å². The second-order valence-electron chi connectivity index (χ2n) is 10.1. The van der Waals surface area contributed by atoms with Crippen LogP contribution in [0.1, 0.15) is 46.4 Å². The number of amides is 3. The molecule has 35 heavy (non-hydrogen) atoms. The number of aromatic nitrogens is 2. The number of carbonyl (C=O) groups is 2. The molecule has 3 amide bonds. The van der Waals surface area contributed by atoms with Gasteiger partial charge >= 0.3 is 6.03 Å². The fraction of sp³-hybridized carbons (Fsp3) is 0.393. The van der Waals surface area contributed by atoms with Gasteiger partial charge in [0.05, 0.1) is 23.1 Å². The second-order valence-corrected chi connectivity index (χ2v) is 10.1. The quantitative estimate of drug-likeness (QED) is 0.587. The van der Waals surface area contributed by atoms with Gasteiger partial charge < -0.3 is 15.1 Å². The molecule has 2 fully saturated rings. The molecule has 2 aromatic carbocycles. The lowest BCUT2D eigenvalue weighted by molar-refractivity contribution is 0.0739. The molecule has 0 aliphatic carbocycles. The van der Waals surface area contributed by atoms with Crippen LogP contribution in [0.5, 0.6) is 0 Å². The number of hydrogen-bond donors (Lipinski definition) is 1. The highest BCUT2D eigenvalue weighted by Crippen LogP contribution is 2.41. The van der Waals surface area contributed by atoms with Crippen molar-refractivity contribution in [2.24, 2.45) is 5.41 Å². The van der Waals surface area contributed by atoms with E-state index in [1.165, 1.54) is 5.56 Å². The van der Waals surface area contributed by atoms with Crippen molar-refractivity contribution in [3.8, 4) is 5.69 Å². The third-order valence-electron chi connectivity index (χ3n) is 7.70. The first-order valence-corrected chi connectivity index (χ1v) is 12.4. The van der Waals surface area contributed by atoms with Crippen molar-refractivity contribution >= 4 is 17.6 Å². The molecular formula is C28H33N5O2. The predicted molar refractivity (Wildman–Crippen MR) is 137 cm³/mol. The van der Waals surface area contributed by atoms with Gasteiger partial charge in [0.15, 0.2) is 0 Å². The van der Waals surface area contributed by atoms with Crippen LogP contribution in [0, 0.1) is 26.2 Å². The maximum Gasteiger partial charge on any atom is 0.321 e. The van der Waals surface area contributed by atoms with Gasteiger partial charge in [0.25, 0.3) is 5.91 Å². The topological polar surface area (TPSA) is 70.5 Å². The van der Waals surface area contributed by atoms with Gasteiger partial charge in [-0.15, -0.1) is 0 Å². The third kappa shape index (κ3) is 4.55. The summed E-state index contributed by atoms with van der Waals surface area (Å²) in [6.07, 6.45) is 4.51. The molecular weight excluding hydrogens is 438 g/mol. The van der Waals surface area contributed by atoms with E-state index in [2.05, 4.69) is 23.4 Å². The normalized spacial score (nSPS) is 17.1. The van der Waals surface area contributed by atoms with E-state index in [0.717, 1.165) is 55.0 Å². The number of anilines is 1. The molecule has 182 valence electrons. The molecule has 7 nitrogen and oxygen atoms in total. The van der Waals surface area contributed by atoms with Crippen LogP contribution in [0.15, 0.2) is 54.7 Å². The van der Waals surface area contributed by atoms with Crippen molar-refractivity contribution in [1.29, 1.82) is 0 Å². The van der Waals surface area contributed by atoms with E-state index in [9.17, 15) is 9.59 Å². The number of carbonyl (C=O) groups excluding carboxylic acids is 2. The SMILES string of the molecule is Cc1ccc(NC(=O)N2CCC3(CC2)CCN(C(=O)c2cnn(-c4ccccc4)c2C)C3)c(C)c1. The van der Waals surface area contributed by atoms with Gasteiger partial charge in [-0.05, 0) is 69.2 Å². The zero-order valence-electron chi connectivity index (χ0n) is 20.8. The first kappa shape index (κ1) is 23.1. The van der Waals surface area contributed by atoms with Crippen molar-refractivity contribution in [2.75, 3.05) is 31.5 Å². The highest BCUT2D eigenvalue weighted by atomic mass is 16.2. The van der Waals surface area contributed by atoms with Gasteiger partial charge in [-0.1, -0.05) is 35.9 Å². The summed E-state index contributed by atoms with van der Waals surface area (Å²) in [6, 6.07) is 15.9. The monoisotopic (exact) mass is 471 g/mol. The van der Waals surface area contributed by atoms with E-state index in [0.29, 0.717) is 18.7 Å². The molecule has 0 radical (unpaired) electrons. The molecule has 0 saturated carbocycles. The number of hydrogen-bond acceptors (Lipinski definition) is 3. The van der Waals surface area contributed by atoms with Gasteiger partial charge in [-0.2, -0.15) is 5.10 Å². The molecule has 1 aromatic heterocycles. The summed E-state index contributed by atoms with van der Waals surface area (Å²) in [5, 5.41) is 7.54. The van der Waals surface area contributed by atoms with Crippen LogP contribution in [-0.2, 0) is 0 Å². The summed E-state index contributed by atoms with van der Waals surface area (Å²) in [5.41, 5.74) is 5.69. The summed E-state index contributed by atoms with van der Waals surface area (Å²) in [4.78, 5) is 30.1.